The number of hydrogen-bond acceptors (Lipinski definition) is 2. The molecule has 3 rings (SSSR count). The summed E-state index contributed by atoms with van der Waals surface area (Å²) in [5.74, 6) is 0. The Hall–Kier alpha value is -2.44. The molecular weight excluding hydrogens is 410 g/mol. The van der Waals surface area contributed by atoms with Gasteiger partial charge < -0.3 is 0 Å². The Labute approximate surface area is 72.7 Å². The summed E-state index contributed by atoms with van der Waals surface area (Å²) in [5, 5.41) is 0. The quantitative estimate of drug-likeness (QED) is 0.616. The normalized spacial score (nSPS) is 22.4. The first-order valence-corrected chi connectivity index (χ1v) is 6.46. The van der Waals surface area contributed by atoms with Crippen LogP contribution in [-0.4, -0.2) is 18.6 Å². The van der Waals surface area contributed by atoms with Crippen LogP contribution in [0.4, 0.5) is 5.69 Å². The summed E-state index contributed by atoms with van der Waals surface area (Å²) in [6.07, 6.45) is 4.35. The standard InChI is InChI=1S/C10H10N2.Lr/c1-11-7-8-12(9-11)10-5-3-2-4-6-10;/h2-5,7-9H,1H3;. The van der Waals surface area contributed by atoms with Gasteiger partial charge >= 0.3 is 71.9 Å². The molecule has 0 spiro atoms. The van der Waals surface area contributed by atoms with Gasteiger partial charge in [-0.3, -0.25) is 0 Å². The Morgan fingerprint density at radius 1 is 1.23 bits per heavy atom. The van der Waals surface area contributed by atoms with Gasteiger partial charge in [0.05, 0.1) is 0 Å². The number of benzene rings is 1. The predicted molar refractivity (Wildman–Crippen MR) is 49.2 cm³/mol. The van der Waals surface area contributed by atoms with Gasteiger partial charge in [-0.1, -0.05) is 0 Å². The van der Waals surface area contributed by atoms with Gasteiger partial charge in [-0.2, -0.15) is 0 Å². The average Bonchev–Trinajstić information content (AvgIpc) is 2.67. The number of hydrogen-bond donors (Lipinski definition) is 0. The van der Waals surface area contributed by atoms with Gasteiger partial charge in [0.25, 0.3) is 0 Å². The molecule has 3 heteroatoms. The van der Waals surface area contributed by atoms with Gasteiger partial charge in [-0.15, -0.1) is 0 Å². The van der Waals surface area contributed by atoms with Crippen LogP contribution in [0.5, 0.6) is 0 Å². The van der Waals surface area contributed by atoms with E-state index in [4.69, 9.17) is 0 Å². The first-order chi connectivity index (χ1) is 6.36. The molecule has 0 amide bonds. The van der Waals surface area contributed by atoms with Crippen molar-refractivity contribution in [1.82, 2.24) is 4.90 Å². The molecule has 0 bridgehead atoms. The number of para-hydroxylation sites is 1. The van der Waals surface area contributed by atoms with Gasteiger partial charge in [0.1, 0.15) is 0 Å². The van der Waals surface area contributed by atoms with Crippen molar-refractivity contribution in [2.45, 2.75) is 6.67 Å². The average molecular weight is 420 g/mol. The van der Waals surface area contributed by atoms with Crippen molar-refractivity contribution in [3.8, 4) is 0 Å². The van der Waals surface area contributed by atoms with Gasteiger partial charge in [-0.25, -0.2) is 0 Å². The number of fused-ring (bicyclic) bond motifs is 3. The molecule has 1 aromatic carbocycles. The van der Waals surface area contributed by atoms with Crippen LogP contribution in [0.25, 0.3) is 0 Å². The second-order valence-corrected chi connectivity index (χ2v) is 5.97. The molecule has 1 unspecified atom stereocenters. The second-order valence-electron chi connectivity index (χ2n) is 3.08. The molecule has 0 saturated carbocycles. The van der Waals surface area contributed by atoms with Crippen LogP contribution in [0.3, 0.4) is 0 Å². The van der Waals surface area contributed by atoms with E-state index in [2.05, 4.69) is 53.5 Å². The van der Waals surface area contributed by atoms with Crippen LogP contribution in [0.2, 0.25) is 0 Å². The zero-order valence-electron chi connectivity index (χ0n) is 7.19. The van der Waals surface area contributed by atoms with Gasteiger partial charge in [0.15, 0.2) is 0 Å². The van der Waals surface area contributed by atoms with Crippen molar-refractivity contribution in [2.75, 3.05) is 11.9 Å². The molecule has 2 aliphatic heterocycles. The maximum absolute atomic E-state index is 2.39. The predicted octanol–water partition coefficient (Wildman–Crippen LogP) is 0.917. The third-order valence-electron chi connectivity index (χ3n) is 2.17. The second kappa shape index (κ2) is 1.83. The molecular formula is C10H10LrN2. The molecule has 0 fully saturated rings. The van der Waals surface area contributed by atoms with Crippen molar-refractivity contribution in [3.63, 3.8) is 0 Å². The van der Waals surface area contributed by atoms with Crippen molar-refractivity contribution in [1.29, 1.82) is 0 Å². The third kappa shape index (κ3) is 0.625. The molecule has 0 aliphatic carbocycles. The molecule has 2 nitrogen and oxygen atoms in total. The molecule has 13 heavy (non-hydrogen) atoms. The van der Waals surface area contributed by atoms with E-state index in [0.717, 1.165) is 0 Å². The topological polar surface area (TPSA) is 6.48 Å². The van der Waals surface area contributed by atoms with Crippen molar-refractivity contribution in [3.05, 3.63) is 36.7 Å². The molecule has 2 heterocycles. The summed E-state index contributed by atoms with van der Waals surface area (Å²) < 4.78 is 0.248. The van der Waals surface area contributed by atoms with E-state index in [-0.39, 0.29) is 0 Å². The van der Waals surface area contributed by atoms with Crippen LogP contribution >= 0.6 is 0 Å². The van der Waals surface area contributed by atoms with Gasteiger partial charge in [-0.05, 0) is 0 Å². The van der Waals surface area contributed by atoms with Crippen LogP contribution in [0.15, 0.2) is 36.7 Å². The molecule has 0 saturated heterocycles. The van der Waals surface area contributed by atoms with Crippen LogP contribution in [-0.2, 0) is 0 Å². The number of anilines is 1. The van der Waals surface area contributed by atoms with Crippen LogP contribution in [0, 0.1) is 0 Å². The van der Waals surface area contributed by atoms with Crippen LogP contribution < -0.4 is 11.0 Å². The zero-order chi connectivity index (χ0) is 8.84. The Morgan fingerprint density at radius 2 is 2.08 bits per heavy atom. The minimum absolute atomic E-state index is 0.248. The molecule has 0 radical (unpaired) electrons. The van der Waals surface area contributed by atoms with Gasteiger partial charge in [0, 0.05) is 0 Å². The van der Waals surface area contributed by atoms with Crippen molar-refractivity contribution >= 4 is 11.8 Å². The summed E-state index contributed by atoms with van der Waals surface area (Å²) in [6, 6.07) is 10.3. The van der Waals surface area contributed by atoms with E-state index in [9.17, 15) is 0 Å². The van der Waals surface area contributed by atoms with Crippen molar-refractivity contribution < 1.29 is 0 Å². The van der Waals surface area contributed by atoms with E-state index in [0.29, 0.717) is 6.67 Å². The first-order valence-electron chi connectivity index (χ1n) is 4.14. The summed E-state index contributed by atoms with van der Waals surface area (Å²) >= 11 is 0. The summed E-state index contributed by atoms with van der Waals surface area (Å²) in [5.41, 5.74) is 1.41. The van der Waals surface area contributed by atoms with E-state index in [1.807, 2.05) is 0 Å². The molecule has 1 atom stereocenters. The SMILES string of the molecule is CN1C=CN2c3cccc[c]3[Lr][CH]12. The maximum atomic E-state index is 2.39. The Balaban J connectivity index is 2.09. The molecule has 0 N–H and O–H groups in total. The molecule has 0 aromatic heterocycles. The summed E-state index contributed by atoms with van der Waals surface area (Å²) in [4.78, 5) is 4.69. The summed E-state index contributed by atoms with van der Waals surface area (Å²) in [7, 11) is 2.16. The molecule has 75 valence electrons. The number of rotatable bonds is 0. The van der Waals surface area contributed by atoms with Crippen molar-refractivity contribution in [2.24, 2.45) is 0 Å². The monoisotopic (exact) mass is 420 g/mol. The third-order valence-corrected chi connectivity index (χ3v) is 5.78. The number of nitrogens with zero attached hydrogens (tertiary/aromatic N) is 2. The Morgan fingerprint density at radius 3 is 3.00 bits per heavy atom. The molecule has 1 aromatic rings. The van der Waals surface area contributed by atoms with E-state index >= 15 is 0 Å². The Kier molecular flexibility index (Phi) is 0.862. The fourth-order valence-corrected chi connectivity index (χ4v) is 4.71. The first kappa shape index (κ1) is 6.12. The van der Waals surface area contributed by atoms with E-state index in [1.54, 1.807) is 6.07 Å². The van der Waals surface area contributed by atoms with E-state index in [1.165, 1.54) is 5.69 Å². The van der Waals surface area contributed by atoms with Crippen LogP contribution in [0.1, 0.15) is 0 Å². The minimum atomic E-state index is 0.248. The van der Waals surface area contributed by atoms with E-state index < -0.39 is 0 Å². The Bertz CT molecular complexity index is 375. The molecule has 2 aliphatic rings. The summed E-state index contributed by atoms with van der Waals surface area (Å²) in [6.45, 7) is 0.622. The zero-order valence-corrected chi connectivity index (χ0v) is 9.34. The van der Waals surface area contributed by atoms with Gasteiger partial charge in [0.2, 0.25) is 0 Å². The fourth-order valence-electron chi connectivity index (χ4n) is 1.52. The fraction of sp³-hybridized carbons (Fsp3) is 0.200.